The lowest BCUT2D eigenvalue weighted by Gasteiger charge is -2.01. The Balaban J connectivity index is 1.72. The average molecular weight is 326 g/mol. The first-order chi connectivity index (χ1) is 10.7. The number of hydrogen-bond donors (Lipinski definition) is 1. The van der Waals surface area contributed by atoms with Gasteiger partial charge in [0.1, 0.15) is 0 Å². The fourth-order valence-corrected chi connectivity index (χ4v) is 3.52. The zero-order valence-electron chi connectivity index (χ0n) is 11.9. The smallest absolute Gasteiger partial charge is 0.248 e. The minimum Gasteiger partial charge on any atom is -0.322 e. The molecule has 1 heterocycles. The van der Waals surface area contributed by atoms with Crippen molar-refractivity contribution in [1.29, 1.82) is 0 Å². The molecule has 22 heavy (non-hydrogen) atoms. The minimum absolute atomic E-state index is 0.141. The molecule has 0 fully saturated rings. The molecule has 0 atom stereocenters. The molecule has 0 saturated heterocycles. The summed E-state index contributed by atoms with van der Waals surface area (Å²) in [5.74, 6) is -0.141. The summed E-state index contributed by atoms with van der Waals surface area (Å²) in [4.78, 5) is 16.5. The van der Waals surface area contributed by atoms with Gasteiger partial charge in [0.15, 0.2) is 4.34 Å². The second-order valence-electron chi connectivity index (χ2n) is 4.60. The van der Waals surface area contributed by atoms with Crippen LogP contribution in [0.3, 0.4) is 0 Å². The molecule has 3 nitrogen and oxygen atoms in total. The van der Waals surface area contributed by atoms with Crippen LogP contribution >= 0.6 is 23.1 Å². The molecule has 0 bridgehead atoms. The van der Waals surface area contributed by atoms with E-state index in [-0.39, 0.29) is 5.91 Å². The molecule has 0 aliphatic carbocycles. The molecule has 0 radical (unpaired) electrons. The number of nitrogens with zero attached hydrogens (tertiary/aromatic N) is 1. The molecule has 0 spiro atoms. The Morgan fingerprint density at radius 3 is 2.82 bits per heavy atom. The molecule has 0 saturated carbocycles. The van der Waals surface area contributed by atoms with Crippen LogP contribution in [0.2, 0.25) is 0 Å². The number of carbonyl (C=O) groups is 1. The lowest BCUT2D eigenvalue weighted by molar-refractivity contribution is -0.111. The molecule has 0 aliphatic heterocycles. The lowest BCUT2D eigenvalue weighted by atomic mass is 10.2. The average Bonchev–Trinajstić information content (AvgIpc) is 2.96. The van der Waals surface area contributed by atoms with Gasteiger partial charge in [-0.15, -0.1) is 11.3 Å². The van der Waals surface area contributed by atoms with Crippen LogP contribution in [-0.4, -0.2) is 17.1 Å². The number of anilines is 1. The molecule has 5 heteroatoms. The van der Waals surface area contributed by atoms with Crippen LogP contribution in [0.5, 0.6) is 0 Å². The topological polar surface area (TPSA) is 42.0 Å². The summed E-state index contributed by atoms with van der Waals surface area (Å²) in [5, 5.41) is 2.88. The van der Waals surface area contributed by atoms with Crippen molar-refractivity contribution in [2.45, 2.75) is 4.34 Å². The molecular weight excluding hydrogens is 312 g/mol. The Morgan fingerprint density at radius 1 is 1.23 bits per heavy atom. The third-order valence-corrected chi connectivity index (χ3v) is 5.04. The first-order valence-electron chi connectivity index (χ1n) is 6.73. The Kier molecular flexibility index (Phi) is 4.56. The van der Waals surface area contributed by atoms with E-state index in [1.54, 1.807) is 35.3 Å². The van der Waals surface area contributed by atoms with Gasteiger partial charge in [0, 0.05) is 11.8 Å². The van der Waals surface area contributed by atoms with E-state index in [9.17, 15) is 4.79 Å². The molecule has 0 aliphatic rings. The van der Waals surface area contributed by atoms with Crippen LogP contribution in [0, 0.1) is 0 Å². The molecule has 2 aromatic carbocycles. The second-order valence-corrected chi connectivity index (χ2v) is 6.68. The summed E-state index contributed by atoms with van der Waals surface area (Å²) < 4.78 is 2.11. The first kappa shape index (κ1) is 14.8. The number of amides is 1. The standard InChI is InChI=1S/C17H14N2OS2/c1-21-17-19-14-9-8-13(11-15(14)22-17)18-16(20)10-7-12-5-3-2-4-6-12/h2-11H,1H3,(H,18,20). The molecule has 1 N–H and O–H groups in total. The predicted octanol–water partition coefficient (Wildman–Crippen LogP) is 4.67. The predicted molar refractivity (Wildman–Crippen MR) is 95.5 cm³/mol. The first-order valence-corrected chi connectivity index (χ1v) is 8.77. The fourth-order valence-electron chi connectivity index (χ4n) is 1.99. The number of benzene rings is 2. The van der Waals surface area contributed by atoms with Crippen molar-refractivity contribution in [3.63, 3.8) is 0 Å². The lowest BCUT2D eigenvalue weighted by Crippen LogP contribution is -2.07. The second kappa shape index (κ2) is 6.77. The summed E-state index contributed by atoms with van der Waals surface area (Å²) in [5.41, 5.74) is 2.75. The van der Waals surface area contributed by atoms with Gasteiger partial charge in [-0.3, -0.25) is 4.79 Å². The van der Waals surface area contributed by atoms with Gasteiger partial charge in [-0.25, -0.2) is 4.98 Å². The van der Waals surface area contributed by atoms with E-state index in [0.29, 0.717) is 0 Å². The van der Waals surface area contributed by atoms with Crippen molar-refractivity contribution in [3.05, 3.63) is 60.2 Å². The number of nitrogens with one attached hydrogen (secondary N) is 1. The van der Waals surface area contributed by atoms with E-state index in [0.717, 1.165) is 25.8 Å². The van der Waals surface area contributed by atoms with Gasteiger partial charge in [0.2, 0.25) is 5.91 Å². The van der Waals surface area contributed by atoms with Crippen LogP contribution in [-0.2, 0) is 4.79 Å². The summed E-state index contributed by atoms with van der Waals surface area (Å²) in [6, 6.07) is 15.5. The van der Waals surface area contributed by atoms with Crippen molar-refractivity contribution >= 4 is 51.0 Å². The maximum Gasteiger partial charge on any atom is 0.248 e. The summed E-state index contributed by atoms with van der Waals surface area (Å²) in [6.07, 6.45) is 5.35. The SMILES string of the molecule is CSc1nc2ccc(NC(=O)C=Cc3ccccc3)cc2s1. The maximum atomic E-state index is 12.0. The van der Waals surface area contributed by atoms with Crippen molar-refractivity contribution in [2.75, 3.05) is 11.6 Å². The highest BCUT2D eigenvalue weighted by atomic mass is 32.2. The van der Waals surface area contributed by atoms with Gasteiger partial charge >= 0.3 is 0 Å². The summed E-state index contributed by atoms with van der Waals surface area (Å²) in [7, 11) is 0. The monoisotopic (exact) mass is 326 g/mol. The van der Waals surface area contributed by atoms with Crippen molar-refractivity contribution in [1.82, 2.24) is 4.98 Å². The van der Waals surface area contributed by atoms with Crippen LogP contribution in [0.4, 0.5) is 5.69 Å². The third kappa shape index (κ3) is 3.55. The number of carbonyl (C=O) groups excluding carboxylic acids is 1. The Morgan fingerprint density at radius 2 is 2.05 bits per heavy atom. The van der Waals surface area contributed by atoms with Gasteiger partial charge < -0.3 is 5.32 Å². The fraction of sp³-hybridized carbons (Fsp3) is 0.0588. The van der Waals surface area contributed by atoms with Gasteiger partial charge in [0.25, 0.3) is 0 Å². The normalized spacial score (nSPS) is 11.1. The van der Waals surface area contributed by atoms with E-state index >= 15 is 0 Å². The molecule has 0 unspecified atom stereocenters. The van der Waals surface area contributed by atoms with Crippen molar-refractivity contribution in [2.24, 2.45) is 0 Å². The van der Waals surface area contributed by atoms with Crippen molar-refractivity contribution in [3.8, 4) is 0 Å². The Hall–Kier alpha value is -2.11. The largest absolute Gasteiger partial charge is 0.322 e. The van der Waals surface area contributed by atoms with E-state index in [1.165, 1.54) is 0 Å². The van der Waals surface area contributed by atoms with Crippen molar-refractivity contribution < 1.29 is 4.79 Å². The summed E-state index contributed by atoms with van der Waals surface area (Å²) in [6.45, 7) is 0. The number of thiazole rings is 1. The molecule has 1 aromatic heterocycles. The van der Waals surface area contributed by atoms with Gasteiger partial charge in [-0.05, 0) is 36.1 Å². The molecular formula is C17H14N2OS2. The van der Waals surface area contributed by atoms with E-state index in [2.05, 4.69) is 10.3 Å². The number of rotatable bonds is 4. The highest BCUT2D eigenvalue weighted by Crippen LogP contribution is 2.29. The maximum absolute atomic E-state index is 12.0. The van der Waals surface area contributed by atoms with E-state index in [4.69, 9.17) is 0 Å². The van der Waals surface area contributed by atoms with Crippen LogP contribution in [0.25, 0.3) is 16.3 Å². The van der Waals surface area contributed by atoms with Gasteiger partial charge in [-0.1, -0.05) is 42.1 Å². The third-order valence-electron chi connectivity index (χ3n) is 3.04. The van der Waals surface area contributed by atoms with Gasteiger partial charge in [0.05, 0.1) is 10.2 Å². The van der Waals surface area contributed by atoms with Gasteiger partial charge in [-0.2, -0.15) is 0 Å². The number of hydrogen-bond acceptors (Lipinski definition) is 4. The number of thioether (sulfide) groups is 1. The van der Waals surface area contributed by atoms with Crippen LogP contribution in [0.15, 0.2) is 58.9 Å². The molecule has 1 amide bonds. The summed E-state index contributed by atoms with van der Waals surface area (Å²) >= 11 is 3.26. The van der Waals surface area contributed by atoms with Crippen LogP contribution in [0.1, 0.15) is 5.56 Å². The zero-order chi connectivity index (χ0) is 15.4. The highest BCUT2D eigenvalue weighted by Gasteiger charge is 2.05. The molecule has 3 aromatic rings. The number of fused-ring (bicyclic) bond motifs is 1. The zero-order valence-corrected chi connectivity index (χ0v) is 13.6. The van der Waals surface area contributed by atoms with E-state index < -0.39 is 0 Å². The Labute approximate surface area is 137 Å². The highest BCUT2D eigenvalue weighted by molar-refractivity contribution is 8.00. The number of aromatic nitrogens is 1. The Bertz CT molecular complexity index is 825. The van der Waals surface area contributed by atoms with E-state index in [1.807, 2.05) is 54.8 Å². The van der Waals surface area contributed by atoms with Crippen LogP contribution < -0.4 is 5.32 Å². The minimum atomic E-state index is -0.141. The molecule has 3 rings (SSSR count). The quantitative estimate of drug-likeness (QED) is 0.559. The molecule has 110 valence electrons.